The molecule has 19 heavy (non-hydrogen) atoms. The number of rotatable bonds is 3. The number of aromatic nitrogens is 1. The van der Waals surface area contributed by atoms with Crippen LogP contribution < -0.4 is 0 Å². The number of H-pyrrole nitrogens is 1. The summed E-state index contributed by atoms with van der Waals surface area (Å²) in [5, 5.41) is 1.26. The molecule has 0 amide bonds. The van der Waals surface area contributed by atoms with Gasteiger partial charge in [0.2, 0.25) is 0 Å². The highest BCUT2D eigenvalue weighted by atomic mass is 15.0. The van der Waals surface area contributed by atoms with E-state index in [-0.39, 0.29) is 0 Å². The highest BCUT2D eigenvalue weighted by Gasteiger charge is 2.06. The SMILES string of the molecule is CN(C)Cc1ccccc1-c1ccc2[nH]ccc2c1. The molecular formula is C17H18N2. The summed E-state index contributed by atoms with van der Waals surface area (Å²) in [5.74, 6) is 0. The third kappa shape index (κ3) is 2.40. The minimum atomic E-state index is 0.960. The van der Waals surface area contributed by atoms with Gasteiger partial charge in [0, 0.05) is 18.3 Å². The van der Waals surface area contributed by atoms with E-state index in [2.05, 4.69) is 72.5 Å². The van der Waals surface area contributed by atoms with E-state index in [0.29, 0.717) is 0 Å². The largest absolute Gasteiger partial charge is 0.361 e. The maximum absolute atomic E-state index is 3.24. The Morgan fingerprint density at radius 1 is 1.00 bits per heavy atom. The molecule has 0 radical (unpaired) electrons. The molecule has 0 unspecified atom stereocenters. The van der Waals surface area contributed by atoms with E-state index in [0.717, 1.165) is 6.54 Å². The van der Waals surface area contributed by atoms with E-state index in [1.54, 1.807) is 0 Å². The number of hydrogen-bond donors (Lipinski definition) is 1. The van der Waals surface area contributed by atoms with E-state index < -0.39 is 0 Å². The van der Waals surface area contributed by atoms with Gasteiger partial charge >= 0.3 is 0 Å². The van der Waals surface area contributed by atoms with Crippen molar-refractivity contribution in [1.29, 1.82) is 0 Å². The van der Waals surface area contributed by atoms with E-state index in [4.69, 9.17) is 0 Å². The van der Waals surface area contributed by atoms with Gasteiger partial charge in [0.25, 0.3) is 0 Å². The van der Waals surface area contributed by atoms with Gasteiger partial charge in [-0.1, -0.05) is 30.3 Å². The molecule has 0 fully saturated rings. The number of nitrogens with zero attached hydrogens (tertiary/aromatic N) is 1. The fraction of sp³-hybridized carbons (Fsp3) is 0.176. The first-order valence-corrected chi connectivity index (χ1v) is 6.54. The highest BCUT2D eigenvalue weighted by Crippen LogP contribution is 2.27. The number of fused-ring (bicyclic) bond motifs is 1. The lowest BCUT2D eigenvalue weighted by Crippen LogP contribution is -2.11. The van der Waals surface area contributed by atoms with Gasteiger partial charge in [-0.3, -0.25) is 0 Å². The molecule has 0 saturated heterocycles. The van der Waals surface area contributed by atoms with Crippen LogP contribution in [-0.4, -0.2) is 24.0 Å². The van der Waals surface area contributed by atoms with Gasteiger partial charge in [-0.05, 0) is 54.4 Å². The van der Waals surface area contributed by atoms with Gasteiger partial charge in [0.1, 0.15) is 0 Å². The Labute approximate surface area is 113 Å². The molecule has 3 aromatic rings. The first-order valence-electron chi connectivity index (χ1n) is 6.54. The predicted octanol–water partition coefficient (Wildman–Crippen LogP) is 3.90. The Hall–Kier alpha value is -2.06. The molecule has 0 spiro atoms. The Balaban J connectivity index is 2.09. The van der Waals surface area contributed by atoms with Crippen LogP contribution in [-0.2, 0) is 6.54 Å². The molecule has 2 nitrogen and oxygen atoms in total. The first kappa shape index (κ1) is 12.0. The van der Waals surface area contributed by atoms with Crippen LogP contribution in [0.5, 0.6) is 0 Å². The van der Waals surface area contributed by atoms with Crippen molar-refractivity contribution in [2.45, 2.75) is 6.54 Å². The maximum atomic E-state index is 3.24. The highest BCUT2D eigenvalue weighted by molar-refractivity contribution is 5.85. The van der Waals surface area contributed by atoms with Crippen LogP contribution in [0.15, 0.2) is 54.7 Å². The number of nitrogens with one attached hydrogen (secondary N) is 1. The van der Waals surface area contributed by atoms with Crippen molar-refractivity contribution in [2.24, 2.45) is 0 Å². The number of hydrogen-bond acceptors (Lipinski definition) is 1. The summed E-state index contributed by atoms with van der Waals surface area (Å²) >= 11 is 0. The summed E-state index contributed by atoms with van der Waals surface area (Å²) < 4.78 is 0. The van der Waals surface area contributed by atoms with Crippen molar-refractivity contribution in [3.63, 3.8) is 0 Å². The normalized spacial score (nSPS) is 11.3. The minimum Gasteiger partial charge on any atom is -0.361 e. The predicted molar refractivity (Wildman–Crippen MR) is 81.1 cm³/mol. The van der Waals surface area contributed by atoms with Crippen LogP contribution >= 0.6 is 0 Å². The monoisotopic (exact) mass is 250 g/mol. The molecule has 1 aromatic heterocycles. The van der Waals surface area contributed by atoms with Crippen LogP contribution in [0, 0.1) is 0 Å². The number of benzene rings is 2. The molecule has 1 heterocycles. The van der Waals surface area contributed by atoms with Crippen molar-refractivity contribution in [1.82, 2.24) is 9.88 Å². The van der Waals surface area contributed by atoms with Gasteiger partial charge in [0.05, 0.1) is 0 Å². The van der Waals surface area contributed by atoms with Crippen LogP contribution in [0.2, 0.25) is 0 Å². The fourth-order valence-electron chi connectivity index (χ4n) is 2.50. The summed E-state index contributed by atoms with van der Waals surface area (Å²) in [7, 11) is 4.21. The van der Waals surface area contributed by atoms with Crippen molar-refractivity contribution < 1.29 is 0 Å². The molecule has 3 rings (SSSR count). The minimum absolute atomic E-state index is 0.960. The van der Waals surface area contributed by atoms with E-state index >= 15 is 0 Å². The standard InChI is InChI=1S/C17H18N2/c1-19(2)12-15-5-3-4-6-16(15)13-7-8-17-14(11-13)9-10-18-17/h3-11,18H,12H2,1-2H3. The molecule has 0 aliphatic heterocycles. The van der Waals surface area contributed by atoms with Crippen molar-refractivity contribution in [3.05, 3.63) is 60.3 Å². The van der Waals surface area contributed by atoms with Gasteiger partial charge in [-0.2, -0.15) is 0 Å². The Kier molecular flexibility index (Phi) is 3.10. The second-order valence-corrected chi connectivity index (χ2v) is 5.17. The molecule has 2 heteroatoms. The van der Waals surface area contributed by atoms with Crippen molar-refractivity contribution in [3.8, 4) is 11.1 Å². The van der Waals surface area contributed by atoms with Crippen LogP contribution in [0.25, 0.3) is 22.0 Å². The summed E-state index contributed by atoms with van der Waals surface area (Å²) in [6, 6.07) is 17.3. The van der Waals surface area contributed by atoms with E-state index in [9.17, 15) is 0 Å². The van der Waals surface area contributed by atoms with Gasteiger partial charge in [-0.15, -0.1) is 0 Å². The van der Waals surface area contributed by atoms with Crippen LogP contribution in [0.4, 0.5) is 0 Å². The second kappa shape index (κ2) is 4.90. The summed E-state index contributed by atoms with van der Waals surface area (Å²) in [6.45, 7) is 0.960. The molecule has 0 atom stereocenters. The lowest BCUT2D eigenvalue weighted by atomic mass is 9.98. The van der Waals surface area contributed by atoms with E-state index in [1.165, 1.54) is 27.6 Å². The van der Waals surface area contributed by atoms with Crippen LogP contribution in [0.1, 0.15) is 5.56 Å². The third-order valence-corrected chi connectivity index (χ3v) is 3.37. The van der Waals surface area contributed by atoms with E-state index in [1.807, 2.05) is 6.20 Å². The third-order valence-electron chi connectivity index (χ3n) is 3.37. The Morgan fingerprint density at radius 2 is 1.84 bits per heavy atom. The number of aromatic amines is 1. The van der Waals surface area contributed by atoms with Gasteiger partial charge in [-0.25, -0.2) is 0 Å². The smallest absolute Gasteiger partial charge is 0.0454 e. The molecular weight excluding hydrogens is 232 g/mol. The zero-order valence-corrected chi connectivity index (χ0v) is 11.4. The molecule has 0 aliphatic rings. The zero-order chi connectivity index (χ0) is 13.2. The summed E-state index contributed by atoms with van der Waals surface area (Å²) in [4.78, 5) is 5.44. The Bertz CT molecular complexity index is 695. The first-order chi connectivity index (χ1) is 9.24. The summed E-state index contributed by atoms with van der Waals surface area (Å²) in [5.41, 5.74) is 5.15. The Morgan fingerprint density at radius 3 is 2.68 bits per heavy atom. The van der Waals surface area contributed by atoms with Crippen molar-refractivity contribution in [2.75, 3.05) is 14.1 Å². The molecule has 0 bridgehead atoms. The van der Waals surface area contributed by atoms with Crippen LogP contribution in [0.3, 0.4) is 0 Å². The van der Waals surface area contributed by atoms with Gasteiger partial charge in [0.15, 0.2) is 0 Å². The molecule has 0 aliphatic carbocycles. The quantitative estimate of drug-likeness (QED) is 0.747. The summed E-state index contributed by atoms with van der Waals surface area (Å²) in [6.07, 6.45) is 1.99. The topological polar surface area (TPSA) is 19.0 Å². The van der Waals surface area contributed by atoms with Gasteiger partial charge < -0.3 is 9.88 Å². The van der Waals surface area contributed by atoms with Crippen molar-refractivity contribution >= 4 is 10.9 Å². The molecule has 2 aromatic carbocycles. The lowest BCUT2D eigenvalue weighted by molar-refractivity contribution is 0.403. The molecule has 1 N–H and O–H groups in total. The zero-order valence-electron chi connectivity index (χ0n) is 11.4. The second-order valence-electron chi connectivity index (χ2n) is 5.17. The average Bonchev–Trinajstić information content (AvgIpc) is 2.86. The lowest BCUT2D eigenvalue weighted by Gasteiger charge is -2.14. The average molecular weight is 250 g/mol. The molecule has 96 valence electrons. The molecule has 0 saturated carbocycles. The maximum Gasteiger partial charge on any atom is 0.0454 e. The fourth-order valence-corrected chi connectivity index (χ4v) is 2.50.